The van der Waals surface area contributed by atoms with Gasteiger partial charge in [0.25, 0.3) is 0 Å². The zero-order chi connectivity index (χ0) is 15.4. The summed E-state index contributed by atoms with van der Waals surface area (Å²) in [5.74, 6) is -0.273. The number of fused-ring (bicyclic) bond motifs is 1. The van der Waals surface area contributed by atoms with Gasteiger partial charge in [-0.15, -0.1) is 0 Å². The maximum Gasteiger partial charge on any atom is 0.319 e. The molecule has 6 heteroatoms. The third-order valence-corrected chi connectivity index (χ3v) is 4.43. The summed E-state index contributed by atoms with van der Waals surface area (Å²) in [6.45, 7) is 5.69. The Morgan fingerprint density at radius 2 is 2.43 bits per heavy atom. The Balaban J connectivity index is 2.24. The molecule has 1 aromatic heterocycles. The first-order valence-corrected chi connectivity index (χ1v) is 7.87. The van der Waals surface area contributed by atoms with Crippen LogP contribution in [0, 0.1) is 11.3 Å². The summed E-state index contributed by atoms with van der Waals surface area (Å²) in [6.07, 6.45) is 0.874. The van der Waals surface area contributed by atoms with Gasteiger partial charge >= 0.3 is 5.97 Å². The monoisotopic (exact) mass is 305 g/mol. The summed E-state index contributed by atoms with van der Waals surface area (Å²) in [5.41, 5.74) is 2.67. The van der Waals surface area contributed by atoms with Crippen molar-refractivity contribution in [2.75, 3.05) is 20.2 Å². The summed E-state index contributed by atoms with van der Waals surface area (Å²) in [6, 6.07) is 4.08. The number of nitriles is 1. The fourth-order valence-corrected chi connectivity index (χ4v) is 3.13. The smallest absolute Gasteiger partial charge is 0.319 e. The number of hydrogen-bond acceptors (Lipinski definition) is 6. The highest BCUT2D eigenvalue weighted by Crippen LogP contribution is 2.29. The van der Waals surface area contributed by atoms with Gasteiger partial charge in [-0.3, -0.25) is 4.79 Å². The van der Waals surface area contributed by atoms with Crippen molar-refractivity contribution in [2.45, 2.75) is 37.1 Å². The minimum absolute atomic E-state index is 0.273. The van der Waals surface area contributed by atoms with Gasteiger partial charge in [-0.25, -0.2) is 4.98 Å². The van der Waals surface area contributed by atoms with Crippen LogP contribution >= 0.6 is 11.8 Å². The van der Waals surface area contributed by atoms with Crippen LogP contribution in [0.3, 0.4) is 0 Å². The third kappa shape index (κ3) is 3.74. The van der Waals surface area contributed by atoms with Crippen LogP contribution in [0.5, 0.6) is 0 Å². The molecule has 2 heterocycles. The molecule has 1 atom stereocenters. The maximum absolute atomic E-state index is 11.7. The van der Waals surface area contributed by atoms with E-state index in [2.05, 4.69) is 23.0 Å². The first-order chi connectivity index (χ1) is 10.0. The van der Waals surface area contributed by atoms with Crippen molar-refractivity contribution >= 4 is 17.7 Å². The summed E-state index contributed by atoms with van der Waals surface area (Å²) in [5, 5.41) is 9.57. The Bertz CT molecular complexity index is 583. The second-order valence-corrected chi connectivity index (χ2v) is 6.39. The molecule has 1 unspecified atom stereocenters. The first kappa shape index (κ1) is 15.8. The predicted octanol–water partition coefficient (Wildman–Crippen LogP) is 1.98. The molecule has 0 aromatic carbocycles. The van der Waals surface area contributed by atoms with E-state index in [4.69, 9.17) is 4.74 Å². The number of likely N-dealkylation sites (N-methyl/N-ethyl adjacent to an activating group) is 1. The average molecular weight is 305 g/mol. The lowest BCUT2D eigenvalue weighted by Crippen LogP contribution is -2.27. The fraction of sp³-hybridized carbons (Fsp3) is 0.533. The van der Waals surface area contributed by atoms with Gasteiger partial charge < -0.3 is 9.64 Å². The molecular weight excluding hydrogens is 286 g/mol. The van der Waals surface area contributed by atoms with Crippen molar-refractivity contribution in [3.63, 3.8) is 0 Å². The summed E-state index contributed by atoms with van der Waals surface area (Å²) in [4.78, 5) is 18.5. The van der Waals surface area contributed by atoms with Crippen molar-refractivity contribution in [2.24, 2.45) is 0 Å². The summed E-state index contributed by atoms with van der Waals surface area (Å²) >= 11 is 1.29. The molecule has 0 N–H and O–H groups in total. The lowest BCUT2D eigenvalue weighted by atomic mass is 10.0. The highest BCUT2D eigenvalue weighted by Gasteiger charge is 2.22. The van der Waals surface area contributed by atoms with Gasteiger partial charge in [0, 0.05) is 25.2 Å². The maximum atomic E-state index is 11.7. The molecule has 1 aliphatic heterocycles. The van der Waals surface area contributed by atoms with Crippen LogP contribution in [0.25, 0.3) is 0 Å². The van der Waals surface area contributed by atoms with E-state index in [1.165, 1.54) is 11.8 Å². The molecule has 0 aliphatic carbocycles. The predicted molar refractivity (Wildman–Crippen MR) is 80.9 cm³/mol. The Labute approximate surface area is 129 Å². The highest BCUT2D eigenvalue weighted by molar-refractivity contribution is 8.00. The number of thioether (sulfide) groups is 1. The van der Waals surface area contributed by atoms with Crippen molar-refractivity contribution in [3.8, 4) is 6.07 Å². The molecule has 5 nitrogen and oxygen atoms in total. The van der Waals surface area contributed by atoms with Crippen molar-refractivity contribution < 1.29 is 9.53 Å². The fourth-order valence-electron chi connectivity index (χ4n) is 2.24. The normalized spacial score (nSPS) is 15.9. The zero-order valence-electron chi connectivity index (χ0n) is 12.5. The molecule has 0 saturated carbocycles. The van der Waals surface area contributed by atoms with Gasteiger partial charge in [0.1, 0.15) is 16.3 Å². The number of carbonyl (C=O) groups excluding carboxylic acids is 1. The van der Waals surface area contributed by atoms with Gasteiger partial charge in [0.2, 0.25) is 0 Å². The summed E-state index contributed by atoms with van der Waals surface area (Å²) in [7, 11) is 2.06. The Kier molecular flexibility index (Phi) is 5.21. The topological polar surface area (TPSA) is 66.2 Å². The van der Waals surface area contributed by atoms with Crippen molar-refractivity contribution in [1.82, 2.24) is 9.88 Å². The molecule has 0 amide bonds. The lowest BCUT2D eigenvalue weighted by Gasteiger charge is -2.25. The zero-order valence-corrected chi connectivity index (χ0v) is 13.4. The lowest BCUT2D eigenvalue weighted by molar-refractivity contribution is -0.142. The Morgan fingerprint density at radius 3 is 3.10 bits per heavy atom. The number of esters is 1. The van der Waals surface area contributed by atoms with Crippen molar-refractivity contribution in [1.29, 1.82) is 5.26 Å². The van der Waals surface area contributed by atoms with Gasteiger partial charge in [0.05, 0.1) is 12.2 Å². The molecule has 2 rings (SSSR count). The minimum Gasteiger partial charge on any atom is -0.465 e. The van der Waals surface area contributed by atoms with Crippen LogP contribution in [-0.2, 0) is 22.5 Å². The van der Waals surface area contributed by atoms with Gasteiger partial charge in [-0.1, -0.05) is 11.8 Å². The molecule has 112 valence electrons. The number of nitrogens with zero attached hydrogens (tertiary/aromatic N) is 3. The third-order valence-electron chi connectivity index (χ3n) is 3.35. The van der Waals surface area contributed by atoms with E-state index >= 15 is 0 Å². The quantitative estimate of drug-likeness (QED) is 0.626. The van der Waals surface area contributed by atoms with Crippen LogP contribution in [0.15, 0.2) is 11.1 Å². The molecule has 0 radical (unpaired) electrons. The van der Waals surface area contributed by atoms with E-state index in [0.717, 1.165) is 30.8 Å². The molecular formula is C15H19N3O2S. The number of rotatable bonds is 4. The Hall–Kier alpha value is -1.58. The minimum atomic E-state index is -0.367. The van der Waals surface area contributed by atoms with E-state index in [1.54, 1.807) is 13.8 Å². The first-order valence-electron chi connectivity index (χ1n) is 6.99. The Morgan fingerprint density at radius 1 is 1.67 bits per heavy atom. The van der Waals surface area contributed by atoms with Crippen LogP contribution in [-0.4, -0.2) is 41.3 Å². The van der Waals surface area contributed by atoms with Crippen molar-refractivity contribution in [3.05, 3.63) is 22.9 Å². The number of aromatic nitrogens is 1. The van der Waals surface area contributed by atoms with E-state index in [9.17, 15) is 10.1 Å². The van der Waals surface area contributed by atoms with E-state index in [1.807, 2.05) is 6.07 Å². The highest BCUT2D eigenvalue weighted by atomic mass is 32.2. The molecule has 21 heavy (non-hydrogen) atoms. The molecule has 1 aromatic rings. The summed E-state index contributed by atoms with van der Waals surface area (Å²) < 4.78 is 5.00. The molecule has 0 bridgehead atoms. The molecule has 0 fully saturated rings. The van der Waals surface area contributed by atoms with Crippen LogP contribution in [0.1, 0.15) is 30.7 Å². The van der Waals surface area contributed by atoms with Crippen LogP contribution in [0.4, 0.5) is 0 Å². The number of carbonyl (C=O) groups is 1. The second kappa shape index (κ2) is 6.92. The van der Waals surface area contributed by atoms with Gasteiger partial charge in [-0.05, 0) is 32.5 Å². The number of hydrogen-bond donors (Lipinski definition) is 0. The average Bonchev–Trinajstić information content (AvgIpc) is 2.47. The largest absolute Gasteiger partial charge is 0.465 e. The van der Waals surface area contributed by atoms with Gasteiger partial charge in [-0.2, -0.15) is 5.26 Å². The SMILES string of the molecule is CCOC(=O)C(C)Sc1nc2c(cc1C#N)CN(C)CC2. The van der Waals surface area contributed by atoms with E-state index < -0.39 is 0 Å². The standard InChI is InChI=1S/C15H19N3O2S/c1-4-20-15(19)10(2)21-14-11(8-16)7-12-9-18(3)6-5-13(12)17-14/h7,10H,4-6,9H2,1-3H3. The van der Waals surface area contributed by atoms with E-state index in [0.29, 0.717) is 17.2 Å². The number of ether oxygens (including phenoxy) is 1. The molecule has 0 spiro atoms. The molecule has 1 aliphatic rings. The van der Waals surface area contributed by atoms with Crippen LogP contribution < -0.4 is 0 Å². The molecule has 0 saturated heterocycles. The van der Waals surface area contributed by atoms with Gasteiger partial charge in [0.15, 0.2) is 0 Å². The van der Waals surface area contributed by atoms with E-state index in [-0.39, 0.29) is 11.2 Å². The van der Waals surface area contributed by atoms with Crippen LogP contribution in [0.2, 0.25) is 0 Å². The second-order valence-electron chi connectivity index (χ2n) is 5.06. The number of pyridine rings is 1.